The molecule has 3 aliphatic heterocycles. The Morgan fingerprint density at radius 2 is 1.89 bits per heavy atom. The van der Waals surface area contributed by atoms with Gasteiger partial charge in [0.05, 0.1) is 31.2 Å². The molecule has 8 atom stereocenters. The summed E-state index contributed by atoms with van der Waals surface area (Å²) in [5, 5.41) is 14.4. The number of epoxide rings is 1. The van der Waals surface area contributed by atoms with Crippen LogP contribution < -0.4 is 15.0 Å². The lowest BCUT2D eigenvalue weighted by atomic mass is 9.83. The fourth-order valence-corrected chi connectivity index (χ4v) is 6.49. The highest BCUT2D eigenvalue weighted by Gasteiger charge is 2.64. The predicted octanol–water partition coefficient (Wildman–Crippen LogP) is 4.47. The van der Waals surface area contributed by atoms with Gasteiger partial charge >= 0.3 is 12.1 Å². The van der Waals surface area contributed by atoms with Gasteiger partial charge < -0.3 is 38.4 Å². The summed E-state index contributed by atoms with van der Waals surface area (Å²) >= 11 is 6.73. The number of alkyl carbamates (subject to hydrolysis) is 1. The van der Waals surface area contributed by atoms with Crippen molar-refractivity contribution in [1.29, 1.82) is 0 Å². The molecule has 2 amide bonds. The number of ether oxygens (including phenoxy) is 6. The van der Waals surface area contributed by atoms with E-state index >= 15 is 0 Å². The smallest absolute Gasteiger partial charge is 0.409 e. The van der Waals surface area contributed by atoms with Crippen LogP contribution in [0.4, 0.5) is 10.5 Å². The first-order chi connectivity index (χ1) is 21.6. The highest BCUT2D eigenvalue weighted by molar-refractivity contribution is 6.35. The van der Waals surface area contributed by atoms with Gasteiger partial charge in [-0.15, -0.1) is 0 Å². The molecule has 1 aromatic carbocycles. The zero-order chi connectivity index (χ0) is 34.1. The topological polar surface area (TPSA) is 145 Å². The van der Waals surface area contributed by atoms with Gasteiger partial charge in [0.2, 0.25) is 5.91 Å². The Bertz CT molecular complexity index is 1400. The lowest BCUT2D eigenvalue weighted by Gasteiger charge is -2.42. The van der Waals surface area contributed by atoms with E-state index in [9.17, 15) is 19.5 Å². The molecule has 3 aliphatic rings. The van der Waals surface area contributed by atoms with Crippen molar-refractivity contribution < 1.29 is 47.9 Å². The van der Waals surface area contributed by atoms with Crippen LogP contribution in [0, 0.1) is 11.8 Å². The molecule has 254 valence electrons. The van der Waals surface area contributed by atoms with E-state index in [4.69, 9.17) is 40.0 Å². The van der Waals surface area contributed by atoms with Gasteiger partial charge in [0.25, 0.3) is 0 Å². The Hall–Kier alpha value is -3.16. The molecule has 0 aromatic heterocycles. The van der Waals surface area contributed by atoms with E-state index in [1.165, 1.54) is 19.1 Å². The van der Waals surface area contributed by atoms with Crippen molar-refractivity contribution in [3.63, 3.8) is 0 Å². The maximum Gasteiger partial charge on any atom is 0.409 e. The number of carbonyl (C=O) groups is 3. The largest absolute Gasteiger partial charge is 0.495 e. The molecule has 2 saturated heterocycles. The second-order valence-electron chi connectivity index (χ2n) is 12.6. The zero-order valence-electron chi connectivity index (χ0n) is 27.8. The van der Waals surface area contributed by atoms with E-state index in [0.29, 0.717) is 17.0 Å². The van der Waals surface area contributed by atoms with Crippen molar-refractivity contribution >= 4 is 35.3 Å². The van der Waals surface area contributed by atoms with Crippen LogP contribution in [0.25, 0.3) is 0 Å². The number of benzene rings is 1. The van der Waals surface area contributed by atoms with Crippen molar-refractivity contribution in [3.05, 3.63) is 46.5 Å². The average molecular weight is 665 g/mol. The quantitative estimate of drug-likeness (QED) is 0.342. The number of fused-ring (bicyclic) bond motifs is 5. The average Bonchev–Trinajstić information content (AvgIpc) is 3.70. The molecular weight excluding hydrogens is 620 g/mol. The Morgan fingerprint density at radius 1 is 1.20 bits per heavy atom. The van der Waals surface area contributed by atoms with Crippen molar-refractivity contribution in [3.8, 4) is 5.75 Å². The lowest BCUT2D eigenvalue weighted by Crippen LogP contribution is -2.63. The summed E-state index contributed by atoms with van der Waals surface area (Å²) in [5.41, 5.74) is -1.09. The number of rotatable bonds is 5. The number of nitrogens with one attached hydrogen (secondary N) is 1. The highest BCUT2D eigenvalue weighted by atomic mass is 35.5. The third kappa shape index (κ3) is 7.06. The first kappa shape index (κ1) is 35.7. The van der Waals surface area contributed by atoms with E-state index in [0.717, 1.165) is 5.57 Å². The molecule has 12 nitrogen and oxygen atoms in total. The maximum atomic E-state index is 13.9. The number of methoxy groups -OCH3 is 3. The van der Waals surface area contributed by atoms with Crippen LogP contribution in [0.3, 0.4) is 0 Å². The number of nitrogens with zero attached hydrogens (tertiary/aromatic N) is 1. The van der Waals surface area contributed by atoms with Crippen LogP contribution in [-0.2, 0) is 33.3 Å². The minimum Gasteiger partial charge on any atom is -0.495 e. The molecule has 0 aliphatic carbocycles. The second-order valence-corrected chi connectivity index (χ2v) is 13.0. The fourth-order valence-electron chi connectivity index (χ4n) is 6.18. The summed E-state index contributed by atoms with van der Waals surface area (Å²) in [5.74, 6) is -1.46. The van der Waals surface area contributed by atoms with Crippen LogP contribution in [0.1, 0.15) is 59.1 Å². The molecule has 13 heteroatoms. The summed E-state index contributed by atoms with van der Waals surface area (Å²) in [4.78, 5) is 40.9. The molecular formula is C33H45ClN2O10. The van der Waals surface area contributed by atoms with Crippen molar-refractivity contribution in [2.24, 2.45) is 11.8 Å². The molecule has 2 fully saturated rings. The number of anilines is 1. The first-order valence-electron chi connectivity index (χ1n) is 15.2. The van der Waals surface area contributed by atoms with E-state index in [1.807, 2.05) is 13.8 Å². The fraction of sp³-hybridized carbons (Fsp3) is 0.606. The number of carbonyl (C=O) groups excluding carboxylic acids is 3. The molecule has 2 unspecified atom stereocenters. The number of aliphatic hydroxyl groups is 1. The standard InChI is InChI=1S/C33H45ClN2O10/c1-17(2)30(38)45-25-15-26(37)36(6)21-13-20(14-22(41-7)27(21)34)28(43-9)18(3)11-10-12-24(42-8)33(40)16-23(44-31(39)35-33)19(4)29-32(25,5)46-29/h10-14,17,19,23-25,28-29,40H,15-16H2,1-9H3,(H,35,39)/b12-10-,18-11-/t19-,23+,24-,25?,28?,29+,32+,33+/m1/s1. The Labute approximate surface area is 274 Å². The third-order valence-electron chi connectivity index (χ3n) is 9.09. The summed E-state index contributed by atoms with van der Waals surface area (Å²) < 4.78 is 34.7. The zero-order valence-corrected chi connectivity index (χ0v) is 28.5. The molecule has 0 saturated carbocycles. The van der Waals surface area contributed by atoms with Crippen LogP contribution in [0.2, 0.25) is 5.02 Å². The van der Waals surface area contributed by atoms with Crippen LogP contribution in [0.5, 0.6) is 5.75 Å². The first-order valence-corrected chi connectivity index (χ1v) is 15.6. The highest BCUT2D eigenvalue weighted by Crippen LogP contribution is 2.49. The minimum atomic E-state index is -1.81. The number of hydrogen-bond donors (Lipinski definition) is 2. The summed E-state index contributed by atoms with van der Waals surface area (Å²) in [6.45, 7) is 8.84. The predicted molar refractivity (Wildman–Crippen MR) is 170 cm³/mol. The van der Waals surface area contributed by atoms with Gasteiger partial charge in [-0.1, -0.05) is 50.6 Å². The Morgan fingerprint density at radius 3 is 2.50 bits per heavy atom. The number of esters is 1. The SMILES string of the molecule is COc1cc2cc(c1Cl)N(C)C(=O)CC(OC(=O)C(C)C)[C@]1(C)O[C@H]1[C@H](C)[C@@H]1C[C@@](O)(NC(=O)O1)[C@H](OC)/C=C\C=C(\C)C2OC. The molecule has 0 radical (unpaired) electrons. The minimum absolute atomic E-state index is 0.0235. The number of halogens is 1. The molecule has 2 N–H and O–H groups in total. The second kappa shape index (κ2) is 13.9. The van der Waals surface area contributed by atoms with Gasteiger partial charge in [-0.05, 0) is 37.1 Å². The van der Waals surface area contributed by atoms with E-state index in [1.54, 1.807) is 65.3 Å². The van der Waals surface area contributed by atoms with Gasteiger partial charge in [-0.25, -0.2) is 4.79 Å². The van der Waals surface area contributed by atoms with E-state index in [-0.39, 0.29) is 17.9 Å². The Balaban J connectivity index is 1.85. The van der Waals surface area contributed by atoms with E-state index in [2.05, 4.69) is 5.32 Å². The molecule has 1 aromatic rings. The normalized spacial score (nSPS) is 35.3. The maximum absolute atomic E-state index is 13.9. The van der Waals surface area contributed by atoms with Gasteiger partial charge in [0, 0.05) is 33.6 Å². The van der Waals surface area contributed by atoms with E-state index < -0.39 is 71.7 Å². The Kier molecular flexibility index (Phi) is 10.8. The molecule has 4 bridgehead atoms. The summed E-state index contributed by atoms with van der Waals surface area (Å²) in [6.07, 6.45) is 0.210. The van der Waals surface area contributed by atoms with Gasteiger partial charge in [-0.3, -0.25) is 14.9 Å². The number of allylic oxidation sites excluding steroid dienone is 2. The molecule has 0 spiro atoms. The molecule has 3 heterocycles. The van der Waals surface area contributed by atoms with Crippen molar-refractivity contribution in [2.45, 2.75) is 89.3 Å². The van der Waals surface area contributed by atoms with Crippen molar-refractivity contribution in [1.82, 2.24) is 5.32 Å². The van der Waals surface area contributed by atoms with Crippen LogP contribution in [0.15, 0.2) is 35.9 Å². The monoisotopic (exact) mass is 664 g/mol. The summed E-state index contributed by atoms with van der Waals surface area (Å²) in [7, 11) is 6.05. The van der Waals surface area contributed by atoms with Gasteiger partial charge in [0.1, 0.15) is 40.8 Å². The van der Waals surface area contributed by atoms with Crippen molar-refractivity contribution in [2.75, 3.05) is 33.3 Å². The molecule has 46 heavy (non-hydrogen) atoms. The number of hydrogen-bond acceptors (Lipinski definition) is 10. The van der Waals surface area contributed by atoms with Crippen LogP contribution in [-0.4, -0.2) is 87.2 Å². The molecule has 4 rings (SSSR count). The third-order valence-corrected chi connectivity index (χ3v) is 9.47. The van der Waals surface area contributed by atoms with Gasteiger partial charge in [-0.2, -0.15) is 0 Å². The number of amides is 2. The van der Waals surface area contributed by atoms with Crippen LogP contribution >= 0.6 is 11.6 Å². The van der Waals surface area contributed by atoms with Gasteiger partial charge in [0.15, 0.2) is 5.72 Å². The summed E-state index contributed by atoms with van der Waals surface area (Å²) in [6, 6.07) is 3.48. The lowest BCUT2D eigenvalue weighted by molar-refractivity contribution is -0.157.